The Morgan fingerprint density at radius 3 is 2.72 bits per heavy atom. The standard InChI is InChI=1S/C20H14N4S/c1-2-4-14(5-3-1)22-20-16-9-11-25-19(16)15-7-6-13(12-18(15)23-20)17-8-10-21-24-17/h1-7,9-12H,8H2,(H,22,23). The molecule has 0 fully saturated rings. The Hall–Kier alpha value is -3.05. The molecule has 5 heteroatoms. The van der Waals surface area contributed by atoms with Gasteiger partial charge in [-0.05, 0) is 29.6 Å². The molecular weight excluding hydrogens is 328 g/mol. The first-order valence-electron chi connectivity index (χ1n) is 8.10. The molecule has 5 rings (SSSR count). The monoisotopic (exact) mass is 342 g/mol. The van der Waals surface area contributed by atoms with Gasteiger partial charge in [0.25, 0.3) is 0 Å². The van der Waals surface area contributed by atoms with Gasteiger partial charge in [0.2, 0.25) is 0 Å². The van der Waals surface area contributed by atoms with Crippen molar-refractivity contribution in [3.05, 3.63) is 65.5 Å². The van der Waals surface area contributed by atoms with E-state index in [1.54, 1.807) is 11.3 Å². The summed E-state index contributed by atoms with van der Waals surface area (Å²) >= 11 is 1.74. The molecule has 0 amide bonds. The predicted octanol–water partition coefficient (Wildman–Crippen LogP) is 5.37. The number of nitrogens with one attached hydrogen (secondary N) is 1. The minimum absolute atomic E-state index is 0.780. The lowest BCUT2D eigenvalue weighted by atomic mass is 10.0. The third kappa shape index (κ3) is 2.49. The van der Waals surface area contributed by atoms with Crippen LogP contribution in [0.1, 0.15) is 12.0 Å². The summed E-state index contributed by atoms with van der Waals surface area (Å²) in [7, 11) is 0. The van der Waals surface area contributed by atoms with Crippen LogP contribution in [0.25, 0.3) is 21.0 Å². The number of hydrogen-bond donors (Lipinski definition) is 1. The molecule has 25 heavy (non-hydrogen) atoms. The van der Waals surface area contributed by atoms with Gasteiger partial charge < -0.3 is 5.32 Å². The number of hydrogen-bond acceptors (Lipinski definition) is 5. The molecule has 0 atom stereocenters. The van der Waals surface area contributed by atoms with Gasteiger partial charge in [-0.15, -0.1) is 11.3 Å². The van der Waals surface area contributed by atoms with Crippen molar-refractivity contribution >= 4 is 55.8 Å². The molecule has 120 valence electrons. The average Bonchev–Trinajstić information content (AvgIpc) is 3.34. The van der Waals surface area contributed by atoms with E-state index in [9.17, 15) is 0 Å². The fourth-order valence-electron chi connectivity index (χ4n) is 3.09. The molecule has 4 nitrogen and oxygen atoms in total. The molecule has 2 aromatic heterocycles. The molecular formula is C20H14N4S. The van der Waals surface area contributed by atoms with Crippen LogP contribution in [-0.2, 0) is 0 Å². The quantitative estimate of drug-likeness (QED) is 0.544. The first kappa shape index (κ1) is 14.3. The van der Waals surface area contributed by atoms with Crippen LogP contribution in [-0.4, -0.2) is 16.9 Å². The largest absolute Gasteiger partial charge is 0.340 e. The van der Waals surface area contributed by atoms with E-state index in [0.29, 0.717) is 0 Å². The zero-order valence-electron chi connectivity index (χ0n) is 13.3. The zero-order chi connectivity index (χ0) is 16.6. The number of nitrogens with zero attached hydrogens (tertiary/aromatic N) is 3. The highest BCUT2D eigenvalue weighted by molar-refractivity contribution is 7.18. The van der Waals surface area contributed by atoms with Crippen LogP contribution in [0.2, 0.25) is 0 Å². The van der Waals surface area contributed by atoms with Crippen LogP contribution >= 0.6 is 11.3 Å². The Morgan fingerprint density at radius 2 is 1.88 bits per heavy atom. The maximum Gasteiger partial charge on any atom is 0.139 e. The van der Waals surface area contributed by atoms with Gasteiger partial charge in [0.1, 0.15) is 5.82 Å². The van der Waals surface area contributed by atoms with Crippen molar-refractivity contribution < 1.29 is 0 Å². The topological polar surface area (TPSA) is 49.6 Å². The van der Waals surface area contributed by atoms with E-state index < -0.39 is 0 Å². The van der Waals surface area contributed by atoms with Crippen LogP contribution in [0.3, 0.4) is 0 Å². The maximum atomic E-state index is 4.90. The molecule has 0 saturated heterocycles. The Bertz CT molecular complexity index is 1140. The van der Waals surface area contributed by atoms with E-state index in [-0.39, 0.29) is 0 Å². The number of thiophene rings is 1. The van der Waals surface area contributed by atoms with Crippen LogP contribution in [0.15, 0.2) is 70.2 Å². The summed E-state index contributed by atoms with van der Waals surface area (Å²) in [5.41, 5.74) is 4.08. The van der Waals surface area contributed by atoms with Gasteiger partial charge in [0, 0.05) is 39.4 Å². The first-order valence-corrected chi connectivity index (χ1v) is 8.98. The fourth-order valence-corrected chi connectivity index (χ4v) is 4.02. The molecule has 0 bridgehead atoms. The van der Waals surface area contributed by atoms with Gasteiger partial charge in [-0.1, -0.05) is 30.3 Å². The van der Waals surface area contributed by atoms with Gasteiger partial charge in [0.05, 0.1) is 11.2 Å². The third-order valence-electron chi connectivity index (χ3n) is 4.31. The van der Waals surface area contributed by atoms with Gasteiger partial charge in [-0.25, -0.2) is 4.98 Å². The van der Waals surface area contributed by atoms with Crippen molar-refractivity contribution in [2.24, 2.45) is 10.2 Å². The van der Waals surface area contributed by atoms with Crippen molar-refractivity contribution in [2.45, 2.75) is 6.42 Å². The van der Waals surface area contributed by atoms with Crippen LogP contribution in [0, 0.1) is 0 Å². The summed E-state index contributed by atoms with van der Waals surface area (Å²) < 4.78 is 1.25. The zero-order valence-corrected chi connectivity index (χ0v) is 14.1. The highest BCUT2D eigenvalue weighted by Crippen LogP contribution is 2.35. The predicted molar refractivity (Wildman–Crippen MR) is 106 cm³/mol. The second-order valence-electron chi connectivity index (χ2n) is 5.90. The Morgan fingerprint density at radius 1 is 0.960 bits per heavy atom. The lowest BCUT2D eigenvalue weighted by Gasteiger charge is -2.10. The molecule has 4 aromatic rings. The number of anilines is 2. The van der Waals surface area contributed by atoms with Crippen molar-refractivity contribution in [2.75, 3.05) is 5.32 Å². The molecule has 0 aliphatic carbocycles. The SMILES string of the molecule is C1=NN=C(c2ccc3c(c2)nc(Nc2ccccc2)c2ccsc23)C1. The van der Waals surface area contributed by atoms with Crippen LogP contribution in [0.4, 0.5) is 11.5 Å². The summed E-state index contributed by atoms with van der Waals surface area (Å²) in [5.74, 6) is 0.886. The average molecular weight is 342 g/mol. The van der Waals surface area contributed by atoms with E-state index >= 15 is 0 Å². The fraction of sp³-hybridized carbons (Fsp3) is 0.0500. The van der Waals surface area contributed by atoms with E-state index in [2.05, 4.69) is 45.2 Å². The number of benzene rings is 2. The number of aromatic nitrogens is 1. The third-order valence-corrected chi connectivity index (χ3v) is 5.26. The van der Waals surface area contributed by atoms with Crippen LogP contribution in [0.5, 0.6) is 0 Å². The minimum atomic E-state index is 0.780. The number of fused-ring (bicyclic) bond motifs is 3. The van der Waals surface area contributed by atoms with E-state index in [0.717, 1.165) is 40.1 Å². The number of para-hydroxylation sites is 1. The Balaban J connectivity index is 1.68. The normalized spacial score (nSPS) is 13.5. The second kappa shape index (κ2) is 5.79. The number of pyridine rings is 1. The summed E-state index contributed by atoms with van der Waals surface area (Å²) in [6.07, 6.45) is 2.61. The molecule has 1 aliphatic heterocycles. The molecule has 0 saturated carbocycles. The highest BCUT2D eigenvalue weighted by Gasteiger charge is 2.13. The lowest BCUT2D eigenvalue weighted by Crippen LogP contribution is -1.99. The molecule has 1 aliphatic rings. The van der Waals surface area contributed by atoms with Crippen molar-refractivity contribution in [1.82, 2.24) is 4.98 Å². The van der Waals surface area contributed by atoms with Gasteiger partial charge in [0.15, 0.2) is 0 Å². The van der Waals surface area contributed by atoms with Crippen molar-refractivity contribution in [1.29, 1.82) is 0 Å². The molecule has 0 radical (unpaired) electrons. The van der Waals surface area contributed by atoms with E-state index in [1.165, 1.54) is 10.1 Å². The Kier molecular flexibility index (Phi) is 3.31. The van der Waals surface area contributed by atoms with Crippen molar-refractivity contribution in [3.8, 4) is 0 Å². The summed E-state index contributed by atoms with van der Waals surface area (Å²) in [6, 6.07) is 18.6. The smallest absolute Gasteiger partial charge is 0.139 e. The number of rotatable bonds is 3. The summed E-state index contributed by atoms with van der Waals surface area (Å²) in [5, 5.41) is 16.1. The van der Waals surface area contributed by atoms with E-state index in [4.69, 9.17) is 4.98 Å². The minimum Gasteiger partial charge on any atom is -0.340 e. The molecule has 3 heterocycles. The molecule has 1 N–H and O–H groups in total. The van der Waals surface area contributed by atoms with Gasteiger partial charge in [-0.2, -0.15) is 10.2 Å². The highest BCUT2D eigenvalue weighted by atomic mass is 32.1. The van der Waals surface area contributed by atoms with Crippen molar-refractivity contribution in [3.63, 3.8) is 0 Å². The first-order chi connectivity index (χ1) is 12.4. The molecule has 2 aromatic carbocycles. The lowest BCUT2D eigenvalue weighted by molar-refractivity contribution is 1.28. The van der Waals surface area contributed by atoms with Gasteiger partial charge in [-0.3, -0.25) is 0 Å². The van der Waals surface area contributed by atoms with E-state index in [1.807, 2.05) is 36.5 Å². The van der Waals surface area contributed by atoms with Crippen LogP contribution < -0.4 is 5.32 Å². The molecule has 0 spiro atoms. The summed E-state index contributed by atoms with van der Waals surface area (Å²) in [4.78, 5) is 4.90. The summed E-state index contributed by atoms with van der Waals surface area (Å²) in [6.45, 7) is 0. The second-order valence-corrected chi connectivity index (χ2v) is 6.81. The van der Waals surface area contributed by atoms with Gasteiger partial charge >= 0.3 is 0 Å². The Labute approximate surface area is 148 Å². The molecule has 0 unspecified atom stereocenters. The maximum absolute atomic E-state index is 4.90.